The van der Waals surface area contributed by atoms with Gasteiger partial charge < -0.3 is 25.4 Å². The number of carboxylic acid groups (broad SMARTS) is 2. The Balaban J connectivity index is 0.000000823. The minimum Gasteiger partial charge on any atom is -0.473 e. The van der Waals surface area contributed by atoms with Gasteiger partial charge in [-0.05, 0) is 20.8 Å². The molecular weight excluding hydrogens is 354 g/mol. The number of aliphatic hydroxyl groups excluding tert-OH is 1. The van der Waals surface area contributed by atoms with Crippen LogP contribution in [0.5, 0.6) is 0 Å². The molecule has 11 heteroatoms. The first-order chi connectivity index (χ1) is 11.5. The fourth-order valence-corrected chi connectivity index (χ4v) is 2.02. The number of aliphatic hydroxyl groups is 1. The highest BCUT2D eigenvalue weighted by Gasteiger charge is 2.17. The lowest BCUT2D eigenvalue weighted by atomic mass is 10.2. The van der Waals surface area contributed by atoms with E-state index >= 15 is 0 Å². The fourth-order valence-electron chi connectivity index (χ4n) is 1.29. The molecular formula is C14H23N3O7S. The number of aliphatic carboxylic acids is 2. The predicted octanol–water partition coefficient (Wildman–Crippen LogP) is 0.770. The monoisotopic (exact) mass is 377 g/mol. The van der Waals surface area contributed by atoms with Crippen molar-refractivity contribution in [2.75, 3.05) is 25.0 Å². The van der Waals surface area contributed by atoms with Gasteiger partial charge in [0.05, 0.1) is 12.3 Å². The molecule has 25 heavy (non-hydrogen) atoms. The van der Waals surface area contributed by atoms with Gasteiger partial charge in [-0.3, -0.25) is 5.32 Å². The molecule has 142 valence electrons. The van der Waals surface area contributed by atoms with E-state index in [0.29, 0.717) is 11.7 Å². The van der Waals surface area contributed by atoms with Gasteiger partial charge in [0.15, 0.2) is 5.13 Å². The summed E-state index contributed by atoms with van der Waals surface area (Å²) in [5.41, 5.74) is 0.389. The molecule has 0 radical (unpaired) electrons. The molecule has 0 aliphatic heterocycles. The summed E-state index contributed by atoms with van der Waals surface area (Å²) in [6.45, 7) is 6.89. The van der Waals surface area contributed by atoms with E-state index in [2.05, 4.69) is 15.6 Å². The molecule has 1 aromatic rings. The third kappa shape index (κ3) is 12.8. The number of nitrogens with one attached hydrogen (secondary N) is 2. The van der Waals surface area contributed by atoms with Gasteiger partial charge in [0, 0.05) is 24.9 Å². The van der Waals surface area contributed by atoms with Crippen LogP contribution in [0.2, 0.25) is 0 Å². The molecule has 0 spiro atoms. The van der Waals surface area contributed by atoms with Gasteiger partial charge in [-0.2, -0.15) is 0 Å². The van der Waals surface area contributed by atoms with Gasteiger partial charge >= 0.3 is 18.0 Å². The van der Waals surface area contributed by atoms with Crippen LogP contribution in [0.3, 0.4) is 0 Å². The number of thiazole rings is 1. The summed E-state index contributed by atoms with van der Waals surface area (Å²) in [4.78, 5) is 34.0. The van der Waals surface area contributed by atoms with Crippen LogP contribution in [-0.4, -0.2) is 63.6 Å². The van der Waals surface area contributed by atoms with Crippen LogP contribution in [0.4, 0.5) is 9.93 Å². The second-order valence-corrected chi connectivity index (χ2v) is 6.46. The molecule has 0 aliphatic rings. The van der Waals surface area contributed by atoms with Crippen LogP contribution in [-0.2, 0) is 20.7 Å². The molecule has 0 fully saturated rings. The van der Waals surface area contributed by atoms with E-state index in [9.17, 15) is 4.79 Å². The van der Waals surface area contributed by atoms with Crippen molar-refractivity contribution in [3.63, 3.8) is 0 Å². The van der Waals surface area contributed by atoms with Gasteiger partial charge in [-0.25, -0.2) is 19.4 Å². The summed E-state index contributed by atoms with van der Waals surface area (Å²) in [6, 6.07) is 0. The average molecular weight is 377 g/mol. The first-order valence-electron chi connectivity index (χ1n) is 7.27. The summed E-state index contributed by atoms with van der Waals surface area (Å²) in [7, 11) is 0. The van der Waals surface area contributed by atoms with E-state index in [-0.39, 0.29) is 6.61 Å². The first-order valence-corrected chi connectivity index (χ1v) is 8.15. The molecule has 1 rings (SSSR count). The molecule has 0 saturated heterocycles. The number of carboxylic acids is 2. The number of hydrogen-bond acceptors (Lipinski definition) is 8. The number of amides is 1. The zero-order valence-electron chi connectivity index (χ0n) is 14.2. The molecule has 1 aromatic heterocycles. The number of anilines is 1. The van der Waals surface area contributed by atoms with Crippen molar-refractivity contribution in [2.45, 2.75) is 32.8 Å². The third-order valence-electron chi connectivity index (χ3n) is 2.19. The zero-order chi connectivity index (χ0) is 19.5. The Morgan fingerprint density at radius 1 is 1.20 bits per heavy atom. The van der Waals surface area contributed by atoms with Crippen molar-refractivity contribution in [3.05, 3.63) is 11.1 Å². The fraction of sp³-hybridized carbons (Fsp3) is 0.571. The van der Waals surface area contributed by atoms with Crippen molar-refractivity contribution in [1.82, 2.24) is 10.3 Å². The van der Waals surface area contributed by atoms with Crippen LogP contribution in [0.1, 0.15) is 26.5 Å². The Morgan fingerprint density at radius 3 is 2.28 bits per heavy atom. The number of nitrogens with zero attached hydrogens (tertiary/aromatic N) is 1. The van der Waals surface area contributed by atoms with Crippen molar-refractivity contribution in [3.8, 4) is 0 Å². The SMILES string of the molecule is CC(C)(C)OC(=O)Nc1nc(CCNCCO)cs1.O=C(O)C(=O)O. The summed E-state index contributed by atoms with van der Waals surface area (Å²) >= 11 is 1.37. The van der Waals surface area contributed by atoms with Crippen molar-refractivity contribution >= 4 is 34.5 Å². The van der Waals surface area contributed by atoms with Gasteiger partial charge in [0.1, 0.15) is 5.60 Å². The number of carbonyl (C=O) groups is 3. The van der Waals surface area contributed by atoms with Gasteiger partial charge in [0.2, 0.25) is 0 Å². The molecule has 0 bridgehead atoms. The highest BCUT2D eigenvalue weighted by molar-refractivity contribution is 7.13. The van der Waals surface area contributed by atoms with E-state index in [1.54, 1.807) is 0 Å². The topological polar surface area (TPSA) is 158 Å². The van der Waals surface area contributed by atoms with Crippen molar-refractivity contribution < 1.29 is 34.4 Å². The third-order valence-corrected chi connectivity index (χ3v) is 3.00. The Hall–Kier alpha value is -2.24. The molecule has 1 amide bonds. The van der Waals surface area contributed by atoms with E-state index in [1.165, 1.54) is 11.3 Å². The summed E-state index contributed by atoms with van der Waals surface area (Å²) in [5, 5.41) is 31.5. The summed E-state index contributed by atoms with van der Waals surface area (Å²) in [6.07, 6.45) is 0.263. The van der Waals surface area contributed by atoms with Crippen LogP contribution in [0.15, 0.2) is 5.38 Å². The van der Waals surface area contributed by atoms with Gasteiger partial charge in [0.25, 0.3) is 0 Å². The predicted molar refractivity (Wildman–Crippen MR) is 90.9 cm³/mol. The number of ether oxygens (including phenoxy) is 1. The maximum absolute atomic E-state index is 11.5. The minimum atomic E-state index is -1.82. The van der Waals surface area contributed by atoms with Gasteiger partial charge in [-0.1, -0.05) is 0 Å². The number of aromatic nitrogens is 1. The molecule has 0 aromatic carbocycles. The molecule has 1 heterocycles. The Morgan fingerprint density at radius 2 is 1.80 bits per heavy atom. The largest absolute Gasteiger partial charge is 0.473 e. The van der Waals surface area contributed by atoms with E-state index in [0.717, 1.165) is 18.7 Å². The average Bonchev–Trinajstić information content (AvgIpc) is 2.89. The number of hydrogen-bond donors (Lipinski definition) is 5. The zero-order valence-corrected chi connectivity index (χ0v) is 15.1. The van der Waals surface area contributed by atoms with Gasteiger partial charge in [-0.15, -0.1) is 11.3 Å². The maximum atomic E-state index is 11.5. The highest BCUT2D eigenvalue weighted by atomic mass is 32.1. The first kappa shape index (κ1) is 22.8. The normalized spacial score (nSPS) is 10.4. The lowest BCUT2D eigenvalue weighted by Gasteiger charge is -2.18. The van der Waals surface area contributed by atoms with Crippen LogP contribution < -0.4 is 10.6 Å². The molecule has 0 atom stereocenters. The minimum absolute atomic E-state index is 0.127. The van der Waals surface area contributed by atoms with Crippen LogP contribution >= 0.6 is 11.3 Å². The maximum Gasteiger partial charge on any atom is 0.414 e. The highest BCUT2D eigenvalue weighted by Crippen LogP contribution is 2.17. The lowest BCUT2D eigenvalue weighted by Crippen LogP contribution is -2.27. The number of rotatable bonds is 6. The second kappa shape index (κ2) is 11.3. The molecule has 5 N–H and O–H groups in total. The number of carbonyl (C=O) groups excluding carboxylic acids is 1. The Kier molecular flexibility index (Phi) is 10.3. The van der Waals surface area contributed by atoms with Crippen molar-refractivity contribution in [1.29, 1.82) is 0 Å². The second-order valence-electron chi connectivity index (χ2n) is 5.60. The van der Waals surface area contributed by atoms with Crippen molar-refractivity contribution in [2.24, 2.45) is 0 Å². The summed E-state index contributed by atoms with van der Waals surface area (Å²) < 4.78 is 5.14. The van der Waals surface area contributed by atoms with E-state index in [1.807, 2.05) is 26.2 Å². The van der Waals surface area contributed by atoms with Crippen LogP contribution in [0, 0.1) is 0 Å². The Labute approximate surface area is 148 Å². The Bertz CT molecular complexity index is 557. The standard InChI is InChI=1S/C12H21N3O3S.C2H2O4/c1-12(2,3)18-11(17)15-10-14-9(8-19-10)4-5-13-6-7-16;3-1(4)2(5)6/h8,13,16H,4-7H2,1-3H3,(H,14,15,17);(H,3,4)(H,5,6). The van der Waals surface area contributed by atoms with Crippen LogP contribution in [0.25, 0.3) is 0 Å². The molecule has 10 nitrogen and oxygen atoms in total. The van der Waals surface area contributed by atoms with E-state index in [4.69, 9.17) is 29.6 Å². The molecule has 0 aliphatic carbocycles. The summed E-state index contributed by atoms with van der Waals surface area (Å²) in [5.74, 6) is -3.65. The van der Waals surface area contributed by atoms with E-state index < -0.39 is 23.6 Å². The molecule has 0 unspecified atom stereocenters. The molecule has 0 saturated carbocycles. The quantitative estimate of drug-likeness (QED) is 0.356. The smallest absolute Gasteiger partial charge is 0.414 e. The lowest BCUT2D eigenvalue weighted by molar-refractivity contribution is -0.159.